The maximum atomic E-state index is 13.5. The molecule has 3 heteroatoms. The maximum absolute atomic E-state index is 13.5. The normalized spacial score (nSPS) is 10.9. The SMILES string of the molecule is CN(CCCc1cccc(N)c1)Cc1ccccc1F. The Morgan fingerprint density at radius 2 is 1.90 bits per heavy atom. The monoisotopic (exact) mass is 272 g/mol. The van der Waals surface area contributed by atoms with Crippen LogP contribution in [0, 0.1) is 5.82 Å². The van der Waals surface area contributed by atoms with E-state index in [2.05, 4.69) is 11.0 Å². The summed E-state index contributed by atoms with van der Waals surface area (Å²) in [4.78, 5) is 2.14. The lowest BCUT2D eigenvalue weighted by Crippen LogP contribution is -2.20. The minimum absolute atomic E-state index is 0.129. The number of aryl methyl sites for hydroxylation is 1. The highest BCUT2D eigenvalue weighted by Crippen LogP contribution is 2.11. The van der Waals surface area contributed by atoms with Gasteiger partial charge in [0.2, 0.25) is 0 Å². The predicted molar refractivity (Wildman–Crippen MR) is 81.9 cm³/mol. The molecule has 0 aliphatic heterocycles. The van der Waals surface area contributed by atoms with Crippen molar-refractivity contribution in [2.45, 2.75) is 19.4 Å². The van der Waals surface area contributed by atoms with Gasteiger partial charge in [0, 0.05) is 17.8 Å². The number of nitrogens with two attached hydrogens (primary N) is 1. The zero-order chi connectivity index (χ0) is 14.4. The molecular formula is C17H21FN2. The average molecular weight is 272 g/mol. The number of hydrogen-bond acceptors (Lipinski definition) is 2. The van der Waals surface area contributed by atoms with Gasteiger partial charge in [-0.3, -0.25) is 0 Å². The summed E-state index contributed by atoms with van der Waals surface area (Å²) in [7, 11) is 2.02. The van der Waals surface area contributed by atoms with E-state index in [1.807, 2.05) is 37.4 Å². The van der Waals surface area contributed by atoms with Gasteiger partial charge in [-0.05, 0) is 50.2 Å². The average Bonchev–Trinajstić information content (AvgIpc) is 2.41. The molecule has 106 valence electrons. The van der Waals surface area contributed by atoms with Gasteiger partial charge in [-0.1, -0.05) is 30.3 Å². The minimum Gasteiger partial charge on any atom is -0.399 e. The lowest BCUT2D eigenvalue weighted by Gasteiger charge is -2.17. The van der Waals surface area contributed by atoms with Gasteiger partial charge >= 0.3 is 0 Å². The first-order valence-electron chi connectivity index (χ1n) is 6.91. The topological polar surface area (TPSA) is 29.3 Å². The van der Waals surface area contributed by atoms with Crippen LogP contribution in [0.3, 0.4) is 0 Å². The van der Waals surface area contributed by atoms with Crippen molar-refractivity contribution in [3.63, 3.8) is 0 Å². The molecule has 2 rings (SSSR count). The summed E-state index contributed by atoms with van der Waals surface area (Å²) in [5.41, 5.74) is 8.57. The third-order valence-electron chi connectivity index (χ3n) is 3.35. The predicted octanol–water partition coefficient (Wildman–Crippen LogP) is 3.47. The minimum atomic E-state index is -0.129. The maximum Gasteiger partial charge on any atom is 0.127 e. The van der Waals surface area contributed by atoms with Crippen molar-refractivity contribution in [1.82, 2.24) is 4.90 Å². The molecule has 0 aliphatic carbocycles. The molecule has 20 heavy (non-hydrogen) atoms. The van der Waals surface area contributed by atoms with Gasteiger partial charge in [-0.25, -0.2) is 4.39 Å². The zero-order valence-corrected chi connectivity index (χ0v) is 11.8. The highest BCUT2D eigenvalue weighted by Gasteiger charge is 2.05. The van der Waals surface area contributed by atoms with Crippen molar-refractivity contribution in [1.29, 1.82) is 0 Å². The molecule has 2 aromatic rings. The standard InChI is InChI=1S/C17H21FN2/c1-20(13-15-8-2-3-10-17(15)18)11-5-7-14-6-4-9-16(19)12-14/h2-4,6,8-10,12H,5,7,11,13,19H2,1H3. The van der Waals surface area contributed by atoms with E-state index < -0.39 is 0 Å². The Bertz CT molecular complexity index is 554. The fourth-order valence-electron chi connectivity index (χ4n) is 2.30. The van der Waals surface area contributed by atoms with Crippen LogP contribution in [0.25, 0.3) is 0 Å². The molecule has 0 bridgehead atoms. The van der Waals surface area contributed by atoms with E-state index in [1.54, 1.807) is 6.07 Å². The molecule has 0 aliphatic rings. The number of nitrogen functional groups attached to an aromatic ring is 1. The van der Waals surface area contributed by atoms with Gasteiger partial charge in [0.25, 0.3) is 0 Å². The summed E-state index contributed by atoms with van der Waals surface area (Å²) in [6.45, 7) is 1.58. The van der Waals surface area contributed by atoms with E-state index >= 15 is 0 Å². The smallest absolute Gasteiger partial charge is 0.127 e. The van der Waals surface area contributed by atoms with Crippen LogP contribution in [0.5, 0.6) is 0 Å². The van der Waals surface area contributed by atoms with Crippen LogP contribution in [0.4, 0.5) is 10.1 Å². The first-order valence-corrected chi connectivity index (χ1v) is 6.91. The van der Waals surface area contributed by atoms with Crippen molar-refractivity contribution in [2.24, 2.45) is 0 Å². The summed E-state index contributed by atoms with van der Waals surface area (Å²) in [5.74, 6) is -0.129. The van der Waals surface area contributed by atoms with Crippen molar-refractivity contribution in [2.75, 3.05) is 19.3 Å². The van der Waals surface area contributed by atoms with Gasteiger partial charge in [0.05, 0.1) is 0 Å². The van der Waals surface area contributed by atoms with Crippen molar-refractivity contribution in [3.8, 4) is 0 Å². The van der Waals surface area contributed by atoms with Crippen LogP contribution in [-0.4, -0.2) is 18.5 Å². The molecular weight excluding hydrogens is 251 g/mol. The Balaban J connectivity index is 1.78. The molecule has 0 radical (unpaired) electrons. The zero-order valence-electron chi connectivity index (χ0n) is 11.8. The fraction of sp³-hybridized carbons (Fsp3) is 0.294. The number of hydrogen-bond donors (Lipinski definition) is 1. The van der Waals surface area contributed by atoms with Crippen LogP contribution >= 0.6 is 0 Å². The second kappa shape index (κ2) is 7.06. The highest BCUT2D eigenvalue weighted by atomic mass is 19.1. The van der Waals surface area contributed by atoms with Gasteiger partial charge < -0.3 is 10.6 Å². The Hall–Kier alpha value is -1.87. The molecule has 0 atom stereocenters. The number of halogens is 1. The van der Waals surface area contributed by atoms with E-state index in [-0.39, 0.29) is 5.82 Å². The number of anilines is 1. The van der Waals surface area contributed by atoms with Gasteiger partial charge in [-0.15, -0.1) is 0 Å². The number of rotatable bonds is 6. The summed E-state index contributed by atoms with van der Waals surface area (Å²) < 4.78 is 13.5. The Kier molecular flexibility index (Phi) is 5.13. The third-order valence-corrected chi connectivity index (χ3v) is 3.35. The molecule has 0 spiro atoms. The molecule has 0 amide bonds. The quantitative estimate of drug-likeness (QED) is 0.816. The van der Waals surface area contributed by atoms with Crippen LogP contribution in [0.15, 0.2) is 48.5 Å². The van der Waals surface area contributed by atoms with Crippen LogP contribution < -0.4 is 5.73 Å². The molecule has 0 aromatic heterocycles. The molecule has 2 aromatic carbocycles. The molecule has 0 saturated carbocycles. The summed E-state index contributed by atoms with van der Waals surface area (Å²) in [6, 6.07) is 14.9. The van der Waals surface area contributed by atoms with Crippen LogP contribution in [-0.2, 0) is 13.0 Å². The van der Waals surface area contributed by atoms with Crippen molar-refractivity contribution >= 4 is 5.69 Å². The molecule has 0 saturated heterocycles. The molecule has 2 N–H and O–H groups in total. The summed E-state index contributed by atoms with van der Waals surface area (Å²) >= 11 is 0. The van der Waals surface area contributed by atoms with Crippen molar-refractivity contribution in [3.05, 3.63) is 65.5 Å². The van der Waals surface area contributed by atoms with Gasteiger partial charge in [0.1, 0.15) is 5.82 Å². The van der Waals surface area contributed by atoms with E-state index in [0.717, 1.165) is 30.6 Å². The first-order chi connectivity index (χ1) is 9.65. The van der Waals surface area contributed by atoms with E-state index in [9.17, 15) is 4.39 Å². The summed E-state index contributed by atoms with van der Waals surface area (Å²) in [6.07, 6.45) is 2.03. The van der Waals surface area contributed by atoms with Crippen LogP contribution in [0.2, 0.25) is 0 Å². The Morgan fingerprint density at radius 1 is 1.10 bits per heavy atom. The first kappa shape index (κ1) is 14.5. The molecule has 0 fully saturated rings. The lowest BCUT2D eigenvalue weighted by atomic mass is 10.1. The second-order valence-electron chi connectivity index (χ2n) is 5.18. The number of benzene rings is 2. The van der Waals surface area contributed by atoms with E-state index in [0.29, 0.717) is 6.54 Å². The van der Waals surface area contributed by atoms with Crippen LogP contribution in [0.1, 0.15) is 17.5 Å². The Labute approximate surface area is 120 Å². The molecule has 0 heterocycles. The Morgan fingerprint density at radius 3 is 2.65 bits per heavy atom. The van der Waals surface area contributed by atoms with Gasteiger partial charge in [-0.2, -0.15) is 0 Å². The van der Waals surface area contributed by atoms with E-state index in [1.165, 1.54) is 11.6 Å². The number of nitrogens with zero attached hydrogens (tertiary/aromatic N) is 1. The lowest BCUT2D eigenvalue weighted by molar-refractivity contribution is 0.317. The molecule has 0 unspecified atom stereocenters. The highest BCUT2D eigenvalue weighted by molar-refractivity contribution is 5.40. The van der Waals surface area contributed by atoms with E-state index in [4.69, 9.17) is 5.73 Å². The summed E-state index contributed by atoms with van der Waals surface area (Å²) in [5, 5.41) is 0. The molecule has 2 nitrogen and oxygen atoms in total. The van der Waals surface area contributed by atoms with Crippen molar-refractivity contribution < 1.29 is 4.39 Å². The largest absolute Gasteiger partial charge is 0.399 e. The second-order valence-corrected chi connectivity index (χ2v) is 5.18. The fourth-order valence-corrected chi connectivity index (χ4v) is 2.30. The third kappa shape index (κ3) is 4.35. The van der Waals surface area contributed by atoms with Gasteiger partial charge in [0.15, 0.2) is 0 Å².